The van der Waals surface area contributed by atoms with E-state index in [9.17, 15) is 14.4 Å². The van der Waals surface area contributed by atoms with Crippen LogP contribution in [0.15, 0.2) is 53.3 Å². The lowest BCUT2D eigenvalue weighted by atomic mass is 10.1. The summed E-state index contributed by atoms with van der Waals surface area (Å²) < 4.78 is 5.07. The Balaban J connectivity index is 1.49. The van der Waals surface area contributed by atoms with Gasteiger partial charge in [0.15, 0.2) is 5.78 Å². The fourth-order valence-corrected chi connectivity index (χ4v) is 3.12. The molecule has 0 spiro atoms. The number of methoxy groups -OCH3 is 1. The van der Waals surface area contributed by atoms with Crippen molar-refractivity contribution in [2.45, 2.75) is 32.7 Å². The van der Waals surface area contributed by atoms with Crippen LogP contribution in [-0.2, 0) is 11.3 Å². The minimum atomic E-state index is -0.212. The molecule has 0 aliphatic heterocycles. The number of aryl methyl sites for hydroxylation is 1. The van der Waals surface area contributed by atoms with E-state index in [1.54, 1.807) is 37.4 Å². The molecule has 0 bridgehead atoms. The van der Waals surface area contributed by atoms with Gasteiger partial charge in [-0.3, -0.25) is 14.4 Å². The van der Waals surface area contributed by atoms with Crippen LogP contribution in [0.4, 0.5) is 0 Å². The number of H-pyrrole nitrogens is 1. The van der Waals surface area contributed by atoms with Crippen molar-refractivity contribution in [3.8, 4) is 5.75 Å². The maximum Gasteiger partial charge on any atom is 0.253 e. The number of ether oxygens (including phenoxy) is 1. The van der Waals surface area contributed by atoms with Gasteiger partial charge in [-0.25, -0.2) is 0 Å². The number of benzene rings is 2. The third-order valence-corrected chi connectivity index (χ3v) is 4.77. The number of pyridine rings is 1. The number of amides is 1. The van der Waals surface area contributed by atoms with Gasteiger partial charge >= 0.3 is 0 Å². The van der Waals surface area contributed by atoms with Crippen molar-refractivity contribution in [3.63, 3.8) is 0 Å². The molecule has 29 heavy (non-hydrogen) atoms. The standard InChI is InChI=1S/C23H24N2O4/c1-15-6-11-20-17(12-15)13-18(23(28)25-20)14-24-22(27)5-3-4-21(26)16-7-9-19(29-2)10-8-16/h6-13H,3-5,14H2,1-2H3,(H,24,27)(H,25,28). The summed E-state index contributed by atoms with van der Waals surface area (Å²) in [7, 11) is 1.57. The highest BCUT2D eigenvalue weighted by atomic mass is 16.5. The molecule has 0 radical (unpaired) electrons. The Morgan fingerprint density at radius 1 is 1.03 bits per heavy atom. The van der Waals surface area contributed by atoms with Crippen LogP contribution in [0.25, 0.3) is 10.9 Å². The van der Waals surface area contributed by atoms with E-state index in [0.717, 1.165) is 16.5 Å². The van der Waals surface area contributed by atoms with E-state index in [0.29, 0.717) is 23.3 Å². The quantitative estimate of drug-likeness (QED) is 0.574. The first-order chi connectivity index (χ1) is 14.0. The number of ketones is 1. The normalized spacial score (nSPS) is 10.7. The Bertz CT molecular complexity index is 1080. The van der Waals surface area contributed by atoms with Gasteiger partial charge in [-0.1, -0.05) is 11.6 Å². The largest absolute Gasteiger partial charge is 0.497 e. The van der Waals surface area contributed by atoms with Crippen LogP contribution in [-0.4, -0.2) is 23.8 Å². The molecule has 6 heteroatoms. The first-order valence-electron chi connectivity index (χ1n) is 9.53. The second-order valence-corrected chi connectivity index (χ2v) is 7.00. The van der Waals surface area contributed by atoms with Gasteiger partial charge in [0.25, 0.3) is 5.56 Å². The Morgan fingerprint density at radius 3 is 2.52 bits per heavy atom. The van der Waals surface area contributed by atoms with Crippen LogP contribution in [0.5, 0.6) is 5.75 Å². The van der Waals surface area contributed by atoms with Gasteiger partial charge in [0.05, 0.1) is 7.11 Å². The second kappa shape index (κ2) is 9.19. The number of nitrogens with one attached hydrogen (secondary N) is 2. The van der Waals surface area contributed by atoms with Crippen molar-refractivity contribution in [1.82, 2.24) is 10.3 Å². The van der Waals surface area contributed by atoms with Crippen molar-refractivity contribution in [2.24, 2.45) is 0 Å². The fourth-order valence-electron chi connectivity index (χ4n) is 3.12. The Labute approximate surface area is 168 Å². The number of rotatable bonds is 8. The summed E-state index contributed by atoms with van der Waals surface area (Å²) in [6.45, 7) is 2.14. The minimum Gasteiger partial charge on any atom is -0.497 e. The summed E-state index contributed by atoms with van der Waals surface area (Å²) in [6, 6.07) is 14.5. The Hall–Kier alpha value is -3.41. The third kappa shape index (κ3) is 5.31. The lowest BCUT2D eigenvalue weighted by Gasteiger charge is -2.07. The van der Waals surface area contributed by atoms with Crippen LogP contribution >= 0.6 is 0 Å². The number of Topliss-reactive ketones (excluding diaryl/α,β-unsaturated/α-hetero) is 1. The summed E-state index contributed by atoms with van der Waals surface area (Å²) in [5.74, 6) is 0.498. The average Bonchev–Trinajstić information content (AvgIpc) is 2.72. The molecule has 1 aromatic heterocycles. The van der Waals surface area contributed by atoms with E-state index >= 15 is 0 Å². The monoisotopic (exact) mass is 392 g/mol. The zero-order valence-electron chi connectivity index (χ0n) is 16.6. The zero-order valence-corrected chi connectivity index (χ0v) is 16.6. The highest BCUT2D eigenvalue weighted by molar-refractivity contribution is 5.96. The van der Waals surface area contributed by atoms with Gasteiger partial charge in [0.2, 0.25) is 5.91 Å². The van der Waals surface area contributed by atoms with E-state index in [4.69, 9.17) is 4.74 Å². The number of hydrogen-bond acceptors (Lipinski definition) is 4. The van der Waals surface area contributed by atoms with Gasteiger partial charge in [-0.05, 0) is 61.2 Å². The lowest BCUT2D eigenvalue weighted by molar-refractivity contribution is -0.121. The van der Waals surface area contributed by atoms with E-state index in [-0.39, 0.29) is 36.6 Å². The second-order valence-electron chi connectivity index (χ2n) is 7.00. The van der Waals surface area contributed by atoms with E-state index in [2.05, 4.69) is 10.3 Å². The smallest absolute Gasteiger partial charge is 0.253 e. The van der Waals surface area contributed by atoms with Gasteiger partial charge < -0.3 is 15.0 Å². The molecule has 1 heterocycles. The average molecular weight is 392 g/mol. The molecular formula is C23H24N2O4. The SMILES string of the molecule is COc1ccc(C(=O)CCCC(=O)NCc2cc3cc(C)ccc3[nH]c2=O)cc1. The predicted molar refractivity (Wildman–Crippen MR) is 112 cm³/mol. The fraction of sp³-hybridized carbons (Fsp3) is 0.261. The first-order valence-corrected chi connectivity index (χ1v) is 9.53. The predicted octanol–water partition coefficient (Wildman–Crippen LogP) is 3.51. The van der Waals surface area contributed by atoms with Crippen LogP contribution in [0.3, 0.4) is 0 Å². The summed E-state index contributed by atoms with van der Waals surface area (Å²) in [4.78, 5) is 39.3. The summed E-state index contributed by atoms with van der Waals surface area (Å²) in [5.41, 5.74) is 2.76. The van der Waals surface area contributed by atoms with Crippen molar-refractivity contribution >= 4 is 22.6 Å². The number of aromatic nitrogens is 1. The number of fused-ring (bicyclic) bond motifs is 1. The molecular weight excluding hydrogens is 368 g/mol. The van der Waals surface area contributed by atoms with Gasteiger partial charge in [-0.2, -0.15) is 0 Å². The number of carbonyl (C=O) groups excluding carboxylic acids is 2. The molecule has 0 saturated carbocycles. The number of aromatic amines is 1. The van der Waals surface area contributed by atoms with Crippen LogP contribution in [0.1, 0.15) is 40.7 Å². The molecule has 0 fully saturated rings. The molecule has 0 atom stereocenters. The third-order valence-electron chi connectivity index (χ3n) is 4.77. The molecule has 3 aromatic rings. The zero-order chi connectivity index (χ0) is 20.8. The van der Waals surface area contributed by atoms with Crippen LogP contribution in [0, 0.1) is 6.92 Å². The summed E-state index contributed by atoms with van der Waals surface area (Å²) in [6.07, 6.45) is 0.964. The molecule has 2 N–H and O–H groups in total. The molecule has 2 aromatic carbocycles. The molecule has 150 valence electrons. The molecule has 1 amide bonds. The van der Waals surface area contributed by atoms with Gasteiger partial charge in [0.1, 0.15) is 5.75 Å². The Kier molecular flexibility index (Phi) is 6.44. The molecule has 6 nitrogen and oxygen atoms in total. The van der Waals surface area contributed by atoms with Crippen molar-refractivity contribution in [2.75, 3.05) is 7.11 Å². The van der Waals surface area contributed by atoms with Crippen molar-refractivity contribution < 1.29 is 14.3 Å². The lowest BCUT2D eigenvalue weighted by Crippen LogP contribution is -2.26. The van der Waals surface area contributed by atoms with E-state index in [1.807, 2.05) is 25.1 Å². The first kappa shape index (κ1) is 20.3. The maximum atomic E-state index is 12.2. The molecule has 3 rings (SSSR count). The van der Waals surface area contributed by atoms with Gasteiger partial charge in [0, 0.05) is 36.0 Å². The summed E-state index contributed by atoms with van der Waals surface area (Å²) >= 11 is 0. The molecule has 0 saturated heterocycles. The number of carbonyl (C=O) groups is 2. The van der Waals surface area contributed by atoms with Gasteiger partial charge in [-0.15, -0.1) is 0 Å². The highest BCUT2D eigenvalue weighted by Crippen LogP contribution is 2.15. The molecule has 0 aliphatic carbocycles. The Morgan fingerprint density at radius 2 is 1.79 bits per heavy atom. The van der Waals surface area contributed by atoms with Crippen LogP contribution < -0.4 is 15.6 Å². The molecule has 0 unspecified atom stereocenters. The topological polar surface area (TPSA) is 88.3 Å². The maximum absolute atomic E-state index is 12.2. The highest BCUT2D eigenvalue weighted by Gasteiger charge is 2.09. The van der Waals surface area contributed by atoms with Crippen molar-refractivity contribution in [1.29, 1.82) is 0 Å². The molecule has 0 aliphatic rings. The summed E-state index contributed by atoms with van der Waals surface area (Å²) in [5, 5.41) is 3.69. The minimum absolute atomic E-state index is 0.0122. The van der Waals surface area contributed by atoms with E-state index < -0.39 is 0 Å². The van der Waals surface area contributed by atoms with Crippen LogP contribution in [0.2, 0.25) is 0 Å². The van der Waals surface area contributed by atoms with Crippen molar-refractivity contribution in [3.05, 3.63) is 75.6 Å². The number of hydrogen-bond donors (Lipinski definition) is 2. The van der Waals surface area contributed by atoms with E-state index in [1.165, 1.54) is 0 Å².